The number of thioether (sulfide) groups is 1. The number of carbonyl (C=O) groups is 2. The van der Waals surface area contributed by atoms with E-state index in [0.717, 1.165) is 12.1 Å². The molecular formula is C16H23N3O2S. The van der Waals surface area contributed by atoms with Crippen molar-refractivity contribution in [3.8, 4) is 0 Å². The SMILES string of the molecule is CC1CC(SCC(=O)Nc2ccc(C(C)C)cc2)NC(=O)N1. The molecule has 2 rings (SSSR count). The molecule has 0 saturated carbocycles. The molecule has 120 valence electrons. The number of benzene rings is 1. The smallest absolute Gasteiger partial charge is 0.315 e. The zero-order valence-corrected chi connectivity index (χ0v) is 14.0. The highest BCUT2D eigenvalue weighted by molar-refractivity contribution is 8.00. The van der Waals surface area contributed by atoms with Crippen molar-refractivity contribution in [2.24, 2.45) is 0 Å². The Hall–Kier alpha value is -1.69. The molecule has 1 aromatic rings. The summed E-state index contributed by atoms with van der Waals surface area (Å²) in [5.74, 6) is 0.748. The van der Waals surface area contributed by atoms with E-state index in [9.17, 15) is 9.59 Å². The van der Waals surface area contributed by atoms with Gasteiger partial charge in [-0.25, -0.2) is 4.79 Å². The van der Waals surface area contributed by atoms with E-state index in [1.54, 1.807) is 0 Å². The molecule has 0 aliphatic carbocycles. The molecule has 1 saturated heterocycles. The standard InChI is InChI=1S/C16H23N3O2S/c1-10(2)12-4-6-13(7-5-12)18-14(20)9-22-15-8-11(3)17-16(21)19-15/h4-7,10-11,15H,8-9H2,1-3H3,(H,18,20)(H2,17,19,21). The molecule has 0 spiro atoms. The number of rotatable bonds is 5. The summed E-state index contributed by atoms with van der Waals surface area (Å²) >= 11 is 1.46. The average molecular weight is 321 g/mol. The van der Waals surface area contributed by atoms with Crippen LogP contribution in [0, 0.1) is 0 Å². The third-order valence-electron chi connectivity index (χ3n) is 3.51. The Labute approximate surface area is 135 Å². The highest BCUT2D eigenvalue weighted by Crippen LogP contribution is 2.19. The Morgan fingerprint density at radius 1 is 1.32 bits per heavy atom. The van der Waals surface area contributed by atoms with Crippen molar-refractivity contribution in [2.75, 3.05) is 11.1 Å². The van der Waals surface area contributed by atoms with Crippen LogP contribution in [0.1, 0.15) is 38.7 Å². The summed E-state index contributed by atoms with van der Waals surface area (Å²) in [4.78, 5) is 23.3. The monoisotopic (exact) mass is 321 g/mol. The minimum Gasteiger partial charge on any atom is -0.336 e. The van der Waals surface area contributed by atoms with Crippen LogP contribution in [-0.4, -0.2) is 29.1 Å². The summed E-state index contributed by atoms with van der Waals surface area (Å²) in [6, 6.07) is 7.88. The molecule has 5 nitrogen and oxygen atoms in total. The zero-order valence-electron chi connectivity index (χ0n) is 13.2. The number of hydrogen-bond acceptors (Lipinski definition) is 3. The molecule has 1 aliphatic heterocycles. The van der Waals surface area contributed by atoms with Gasteiger partial charge in [0.15, 0.2) is 0 Å². The number of amides is 3. The third kappa shape index (κ3) is 4.94. The Morgan fingerprint density at radius 2 is 2.00 bits per heavy atom. The van der Waals surface area contributed by atoms with E-state index in [1.807, 2.05) is 31.2 Å². The zero-order chi connectivity index (χ0) is 16.1. The first-order valence-corrected chi connectivity index (χ1v) is 8.57. The van der Waals surface area contributed by atoms with Crippen molar-refractivity contribution in [3.05, 3.63) is 29.8 Å². The number of carbonyl (C=O) groups excluding carboxylic acids is 2. The third-order valence-corrected chi connectivity index (χ3v) is 4.66. The van der Waals surface area contributed by atoms with Crippen molar-refractivity contribution in [2.45, 2.75) is 44.5 Å². The normalized spacial score (nSPS) is 21.2. The van der Waals surface area contributed by atoms with Gasteiger partial charge in [-0.1, -0.05) is 26.0 Å². The highest BCUT2D eigenvalue weighted by Gasteiger charge is 2.23. The van der Waals surface area contributed by atoms with Gasteiger partial charge in [0.05, 0.1) is 11.1 Å². The molecule has 1 aliphatic rings. The average Bonchev–Trinajstić information content (AvgIpc) is 2.45. The lowest BCUT2D eigenvalue weighted by atomic mass is 10.0. The molecule has 2 atom stereocenters. The number of urea groups is 1. The first-order valence-electron chi connectivity index (χ1n) is 7.52. The molecular weight excluding hydrogens is 298 g/mol. The minimum atomic E-state index is -0.166. The van der Waals surface area contributed by atoms with Crippen LogP contribution in [0.5, 0.6) is 0 Å². The first kappa shape index (κ1) is 16.7. The Bertz CT molecular complexity index is 531. The summed E-state index contributed by atoms with van der Waals surface area (Å²) in [6.45, 7) is 6.24. The summed E-state index contributed by atoms with van der Waals surface area (Å²) in [6.07, 6.45) is 0.812. The molecule has 1 fully saturated rings. The Morgan fingerprint density at radius 3 is 2.59 bits per heavy atom. The maximum Gasteiger partial charge on any atom is 0.315 e. The lowest BCUT2D eigenvalue weighted by molar-refractivity contribution is -0.113. The van der Waals surface area contributed by atoms with Crippen LogP contribution in [0.15, 0.2) is 24.3 Å². The predicted molar refractivity (Wildman–Crippen MR) is 91.2 cm³/mol. The molecule has 0 bridgehead atoms. The van der Waals surface area contributed by atoms with Crippen LogP contribution in [0.4, 0.5) is 10.5 Å². The van der Waals surface area contributed by atoms with Crippen LogP contribution in [-0.2, 0) is 4.79 Å². The molecule has 22 heavy (non-hydrogen) atoms. The van der Waals surface area contributed by atoms with E-state index in [1.165, 1.54) is 17.3 Å². The summed E-state index contributed by atoms with van der Waals surface area (Å²) in [5, 5.41) is 8.47. The number of anilines is 1. The van der Waals surface area contributed by atoms with Gasteiger partial charge in [-0.2, -0.15) is 0 Å². The summed E-state index contributed by atoms with van der Waals surface area (Å²) in [7, 11) is 0. The van der Waals surface area contributed by atoms with Gasteiger partial charge in [-0.05, 0) is 37.0 Å². The van der Waals surface area contributed by atoms with E-state index in [4.69, 9.17) is 0 Å². The van der Waals surface area contributed by atoms with Gasteiger partial charge in [0.25, 0.3) is 0 Å². The molecule has 0 aromatic heterocycles. The molecule has 6 heteroatoms. The van der Waals surface area contributed by atoms with E-state index in [0.29, 0.717) is 11.7 Å². The number of hydrogen-bond donors (Lipinski definition) is 3. The number of nitrogens with one attached hydrogen (secondary N) is 3. The second-order valence-electron chi connectivity index (χ2n) is 5.88. The second-order valence-corrected chi connectivity index (χ2v) is 7.07. The molecule has 0 radical (unpaired) electrons. The van der Waals surface area contributed by atoms with Crippen molar-refractivity contribution in [3.63, 3.8) is 0 Å². The first-order chi connectivity index (χ1) is 10.4. The summed E-state index contributed by atoms with van der Waals surface area (Å²) < 4.78 is 0. The van der Waals surface area contributed by atoms with E-state index in [-0.39, 0.29) is 23.4 Å². The topological polar surface area (TPSA) is 70.2 Å². The Kier molecular flexibility index (Phi) is 5.71. The molecule has 1 aromatic carbocycles. The van der Waals surface area contributed by atoms with Crippen molar-refractivity contribution >= 4 is 29.4 Å². The fourth-order valence-corrected chi connectivity index (χ4v) is 3.32. The predicted octanol–water partition coefficient (Wildman–Crippen LogP) is 2.90. The molecule has 3 amide bonds. The van der Waals surface area contributed by atoms with E-state index >= 15 is 0 Å². The molecule has 1 heterocycles. The van der Waals surface area contributed by atoms with Gasteiger partial charge >= 0.3 is 6.03 Å². The van der Waals surface area contributed by atoms with Gasteiger partial charge in [0.1, 0.15) is 0 Å². The highest BCUT2D eigenvalue weighted by atomic mass is 32.2. The van der Waals surface area contributed by atoms with Crippen molar-refractivity contribution in [1.82, 2.24) is 10.6 Å². The fourth-order valence-electron chi connectivity index (χ4n) is 2.29. The minimum absolute atomic E-state index is 0.0159. The van der Waals surface area contributed by atoms with Gasteiger partial charge in [-0.3, -0.25) is 4.79 Å². The lowest BCUT2D eigenvalue weighted by Gasteiger charge is -2.28. The second kappa shape index (κ2) is 7.54. The maximum absolute atomic E-state index is 12.0. The quantitative estimate of drug-likeness (QED) is 0.781. The Balaban J connectivity index is 1.79. The fraction of sp³-hybridized carbons (Fsp3) is 0.500. The van der Waals surface area contributed by atoms with Gasteiger partial charge < -0.3 is 16.0 Å². The van der Waals surface area contributed by atoms with Crippen molar-refractivity contribution in [1.29, 1.82) is 0 Å². The lowest BCUT2D eigenvalue weighted by Crippen LogP contribution is -2.52. The van der Waals surface area contributed by atoms with Gasteiger partial charge in [0, 0.05) is 11.7 Å². The van der Waals surface area contributed by atoms with Gasteiger partial charge in [-0.15, -0.1) is 11.8 Å². The molecule has 3 N–H and O–H groups in total. The molecule has 2 unspecified atom stereocenters. The van der Waals surface area contributed by atoms with Crippen LogP contribution in [0.3, 0.4) is 0 Å². The summed E-state index contributed by atoms with van der Waals surface area (Å²) in [5.41, 5.74) is 2.05. The van der Waals surface area contributed by atoms with E-state index < -0.39 is 0 Å². The van der Waals surface area contributed by atoms with Crippen LogP contribution < -0.4 is 16.0 Å². The van der Waals surface area contributed by atoms with Crippen LogP contribution >= 0.6 is 11.8 Å². The van der Waals surface area contributed by atoms with E-state index in [2.05, 4.69) is 29.8 Å². The van der Waals surface area contributed by atoms with Crippen molar-refractivity contribution < 1.29 is 9.59 Å². The van der Waals surface area contributed by atoms with Gasteiger partial charge in [0.2, 0.25) is 5.91 Å². The largest absolute Gasteiger partial charge is 0.336 e. The van der Waals surface area contributed by atoms with Crippen LogP contribution in [0.2, 0.25) is 0 Å². The maximum atomic E-state index is 12.0. The van der Waals surface area contributed by atoms with Crippen LogP contribution in [0.25, 0.3) is 0 Å².